The van der Waals surface area contributed by atoms with Gasteiger partial charge in [-0.25, -0.2) is 0 Å². The summed E-state index contributed by atoms with van der Waals surface area (Å²) in [5, 5.41) is 3.03. The van der Waals surface area contributed by atoms with Crippen LogP contribution in [-0.2, 0) is 19.9 Å². The Balaban J connectivity index is 1.81. The van der Waals surface area contributed by atoms with Crippen molar-refractivity contribution in [1.29, 1.82) is 0 Å². The number of amides is 1. The lowest BCUT2D eigenvalue weighted by Gasteiger charge is -2.29. The third-order valence-electron chi connectivity index (χ3n) is 5.64. The number of benzene rings is 1. The molecule has 1 spiro atoms. The molecule has 2 fully saturated rings. The molecule has 0 saturated carbocycles. The summed E-state index contributed by atoms with van der Waals surface area (Å²) in [6.45, 7) is 3.15. The third-order valence-corrected chi connectivity index (χ3v) is 6.13. The van der Waals surface area contributed by atoms with Crippen LogP contribution in [0.3, 0.4) is 0 Å². The summed E-state index contributed by atoms with van der Waals surface area (Å²) in [5.41, 5.74) is 1.25. The van der Waals surface area contributed by atoms with Gasteiger partial charge in [-0.05, 0) is 25.1 Å². The Labute approximate surface area is 143 Å². The molecule has 1 unspecified atom stereocenters. The fourth-order valence-electron chi connectivity index (χ4n) is 4.80. The molecule has 122 valence electrons. The molecule has 0 aromatic heterocycles. The summed E-state index contributed by atoms with van der Waals surface area (Å²) in [5.74, 6) is -0.313. The van der Waals surface area contributed by atoms with Crippen molar-refractivity contribution in [3.05, 3.63) is 28.2 Å². The molecular formula is C17H20BrN2O3+. The minimum Gasteiger partial charge on any atom is -0.466 e. The molecule has 0 radical (unpaired) electrons. The van der Waals surface area contributed by atoms with Gasteiger partial charge in [0.25, 0.3) is 5.91 Å². The van der Waals surface area contributed by atoms with Crippen LogP contribution in [0.4, 0.5) is 5.69 Å². The number of anilines is 1. The monoisotopic (exact) mass is 379 g/mol. The van der Waals surface area contributed by atoms with Crippen molar-refractivity contribution in [1.82, 2.24) is 0 Å². The second kappa shape index (κ2) is 5.31. The first-order chi connectivity index (χ1) is 11.1. The van der Waals surface area contributed by atoms with Gasteiger partial charge >= 0.3 is 5.97 Å². The van der Waals surface area contributed by atoms with E-state index in [1.807, 2.05) is 25.1 Å². The first-order valence-electron chi connectivity index (χ1n) is 8.22. The Hall–Kier alpha value is -1.40. The third kappa shape index (κ3) is 2.01. The Morgan fingerprint density at radius 2 is 2.35 bits per heavy atom. The van der Waals surface area contributed by atoms with E-state index in [1.54, 1.807) is 0 Å². The second-order valence-electron chi connectivity index (χ2n) is 6.64. The van der Waals surface area contributed by atoms with Crippen LogP contribution in [0, 0.1) is 5.92 Å². The molecule has 3 aliphatic rings. The fourth-order valence-corrected chi connectivity index (χ4v) is 5.16. The zero-order chi connectivity index (χ0) is 16.2. The van der Waals surface area contributed by atoms with Crippen LogP contribution >= 0.6 is 15.9 Å². The number of hydrogen-bond donors (Lipinski definition) is 2. The maximum Gasteiger partial charge on any atom is 0.315 e. The Morgan fingerprint density at radius 1 is 1.52 bits per heavy atom. The number of ether oxygens (including phenoxy) is 1. The molecule has 1 amide bonds. The van der Waals surface area contributed by atoms with Crippen LogP contribution < -0.4 is 10.2 Å². The second-order valence-corrected chi connectivity index (χ2v) is 7.55. The number of carbonyl (C=O) groups excluding carboxylic acids is 2. The summed E-state index contributed by atoms with van der Waals surface area (Å²) in [7, 11) is 0. The average Bonchev–Trinajstić information content (AvgIpc) is 3.16. The van der Waals surface area contributed by atoms with Crippen LogP contribution in [-0.4, -0.2) is 31.1 Å². The molecule has 4 atom stereocenters. The van der Waals surface area contributed by atoms with Gasteiger partial charge in [-0.1, -0.05) is 15.9 Å². The largest absolute Gasteiger partial charge is 0.466 e. The van der Waals surface area contributed by atoms with Crippen molar-refractivity contribution in [3.63, 3.8) is 0 Å². The highest BCUT2D eigenvalue weighted by atomic mass is 79.9. The Bertz CT molecular complexity index is 692. The highest BCUT2D eigenvalue weighted by Crippen LogP contribution is 2.45. The van der Waals surface area contributed by atoms with E-state index < -0.39 is 5.54 Å². The van der Waals surface area contributed by atoms with Crippen molar-refractivity contribution in [2.24, 2.45) is 5.92 Å². The summed E-state index contributed by atoms with van der Waals surface area (Å²) in [4.78, 5) is 26.6. The van der Waals surface area contributed by atoms with E-state index in [2.05, 4.69) is 21.2 Å². The van der Waals surface area contributed by atoms with E-state index in [-0.39, 0.29) is 23.8 Å². The molecule has 3 aliphatic heterocycles. The standard InChI is InChI=1S/C17H19BrN2O3/c1-2-23-15(21)11-9-17(20-7-3-4-14(11)20)12-8-10(18)5-6-13(12)19-16(17)22/h5-6,8,11,14H,2-4,7,9H2,1H3,(H,19,22)/p+1/t11-,14+,17-/m0/s1. The first-order valence-corrected chi connectivity index (χ1v) is 9.01. The highest BCUT2D eigenvalue weighted by molar-refractivity contribution is 9.10. The zero-order valence-electron chi connectivity index (χ0n) is 13.0. The van der Waals surface area contributed by atoms with Gasteiger partial charge in [0.1, 0.15) is 12.0 Å². The van der Waals surface area contributed by atoms with Gasteiger partial charge in [-0.2, -0.15) is 0 Å². The molecule has 2 N–H and O–H groups in total. The number of hydrogen-bond acceptors (Lipinski definition) is 3. The number of quaternary nitrogens is 1. The van der Waals surface area contributed by atoms with Gasteiger partial charge in [-0.3, -0.25) is 9.59 Å². The minimum atomic E-state index is -0.641. The van der Waals surface area contributed by atoms with E-state index in [0.717, 1.165) is 35.1 Å². The van der Waals surface area contributed by atoms with Crippen LogP contribution in [0.25, 0.3) is 0 Å². The lowest BCUT2D eigenvalue weighted by atomic mass is 9.84. The predicted octanol–water partition coefficient (Wildman–Crippen LogP) is 1.23. The minimum absolute atomic E-state index is 0.0271. The Morgan fingerprint density at radius 3 is 3.13 bits per heavy atom. The molecule has 6 heteroatoms. The average molecular weight is 380 g/mol. The SMILES string of the molecule is CCOC(=O)[C@H]1C[C@]2(C(=O)Nc3ccc(Br)cc32)[NH+]2CCC[C@H]12. The van der Waals surface area contributed by atoms with Gasteiger partial charge < -0.3 is 15.0 Å². The summed E-state index contributed by atoms with van der Waals surface area (Å²) in [6.07, 6.45) is 2.58. The number of carbonyl (C=O) groups is 2. The van der Waals surface area contributed by atoms with Crippen LogP contribution in [0.2, 0.25) is 0 Å². The van der Waals surface area contributed by atoms with Crippen molar-refractivity contribution in [2.45, 2.75) is 37.8 Å². The van der Waals surface area contributed by atoms with E-state index in [1.165, 1.54) is 4.90 Å². The maximum absolute atomic E-state index is 12.9. The molecule has 2 saturated heterocycles. The van der Waals surface area contributed by atoms with E-state index in [4.69, 9.17) is 4.74 Å². The molecular weight excluding hydrogens is 360 g/mol. The topological polar surface area (TPSA) is 59.8 Å². The van der Waals surface area contributed by atoms with E-state index >= 15 is 0 Å². The predicted molar refractivity (Wildman–Crippen MR) is 88.0 cm³/mol. The van der Waals surface area contributed by atoms with Crippen molar-refractivity contribution < 1.29 is 19.2 Å². The van der Waals surface area contributed by atoms with Crippen molar-refractivity contribution >= 4 is 33.5 Å². The fraction of sp³-hybridized carbons (Fsp3) is 0.529. The molecule has 0 bridgehead atoms. The van der Waals surface area contributed by atoms with Crippen molar-refractivity contribution in [2.75, 3.05) is 18.5 Å². The summed E-state index contributed by atoms with van der Waals surface area (Å²) >= 11 is 3.52. The molecule has 23 heavy (non-hydrogen) atoms. The molecule has 1 aromatic carbocycles. The molecule has 3 heterocycles. The number of halogens is 1. The van der Waals surface area contributed by atoms with Gasteiger partial charge in [0.2, 0.25) is 5.54 Å². The van der Waals surface area contributed by atoms with E-state index in [9.17, 15) is 9.59 Å². The number of esters is 1. The number of nitrogens with one attached hydrogen (secondary N) is 2. The maximum atomic E-state index is 12.9. The molecule has 0 aliphatic carbocycles. The smallest absolute Gasteiger partial charge is 0.315 e. The van der Waals surface area contributed by atoms with Crippen molar-refractivity contribution in [3.8, 4) is 0 Å². The lowest BCUT2D eigenvalue weighted by Crippen LogP contribution is -3.19. The summed E-state index contributed by atoms with van der Waals surface area (Å²) in [6, 6.07) is 6.09. The normalized spacial score (nSPS) is 34.3. The quantitative estimate of drug-likeness (QED) is 0.759. The van der Waals surface area contributed by atoms with Gasteiger partial charge in [0, 0.05) is 29.3 Å². The number of fused-ring (bicyclic) bond motifs is 4. The molecule has 1 aromatic rings. The first kappa shape index (κ1) is 15.1. The van der Waals surface area contributed by atoms with Gasteiger partial charge in [-0.15, -0.1) is 0 Å². The Kier molecular flexibility index (Phi) is 3.50. The zero-order valence-corrected chi connectivity index (χ0v) is 14.6. The van der Waals surface area contributed by atoms with Gasteiger partial charge in [0.05, 0.1) is 18.8 Å². The molecule has 5 nitrogen and oxygen atoms in total. The molecule has 4 rings (SSSR count). The highest BCUT2D eigenvalue weighted by Gasteiger charge is 2.67. The number of rotatable bonds is 2. The van der Waals surface area contributed by atoms with E-state index in [0.29, 0.717) is 13.0 Å². The van der Waals surface area contributed by atoms with Crippen LogP contribution in [0.1, 0.15) is 31.7 Å². The lowest BCUT2D eigenvalue weighted by molar-refractivity contribution is -0.947. The summed E-state index contributed by atoms with van der Waals surface area (Å²) < 4.78 is 6.25. The van der Waals surface area contributed by atoms with Crippen LogP contribution in [0.5, 0.6) is 0 Å². The van der Waals surface area contributed by atoms with Gasteiger partial charge in [0.15, 0.2) is 0 Å². The van der Waals surface area contributed by atoms with Crippen LogP contribution in [0.15, 0.2) is 22.7 Å².